The number of nitrogens with one attached hydrogen (secondary N) is 1. The van der Waals surface area contributed by atoms with E-state index >= 15 is 0 Å². The zero-order valence-electron chi connectivity index (χ0n) is 14.3. The minimum absolute atomic E-state index is 0.0429. The molecule has 0 radical (unpaired) electrons. The number of carbonyl (C=O) groups is 2. The van der Waals surface area contributed by atoms with Crippen LogP contribution in [0.4, 0.5) is 10.1 Å². The fourth-order valence-electron chi connectivity index (χ4n) is 2.55. The van der Waals surface area contributed by atoms with Crippen LogP contribution >= 0.6 is 15.9 Å². The lowest BCUT2D eigenvalue weighted by Gasteiger charge is -2.21. The molecule has 2 aromatic carbocycles. The Balaban J connectivity index is 2.08. The van der Waals surface area contributed by atoms with E-state index in [0.717, 1.165) is 4.47 Å². The fraction of sp³-hybridized carbons (Fsp3) is 0.263. The number of amides is 1. The first-order valence-corrected chi connectivity index (χ1v) is 8.87. The molecule has 0 unspecified atom stereocenters. The molecule has 2 aromatic rings. The van der Waals surface area contributed by atoms with Gasteiger partial charge in [0.15, 0.2) is 5.78 Å². The van der Waals surface area contributed by atoms with E-state index in [4.69, 9.17) is 0 Å². The van der Waals surface area contributed by atoms with Gasteiger partial charge in [-0.2, -0.15) is 0 Å². The number of hydrogen-bond donors (Lipinski definition) is 2. The first kappa shape index (κ1) is 20.2. The third-order valence-electron chi connectivity index (χ3n) is 3.77. The molecule has 0 atom stereocenters. The summed E-state index contributed by atoms with van der Waals surface area (Å²) in [5.41, 5.74) is 1.28. The summed E-state index contributed by atoms with van der Waals surface area (Å²) in [6, 6.07) is 11.3. The number of hydrogen-bond acceptors (Lipinski definition) is 4. The van der Waals surface area contributed by atoms with Crippen molar-refractivity contribution in [1.29, 1.82) is 0 Å². The van der Waals surface area contributed by atoms with Crippen LogP contribution in [0.2, 0.25) is 0 Å². The van der Waals surface area contributed by atoms with Crippen molar-refractivity contribution in [3.8, 4) is 0 Å². The molecular formula is C19H20BrFN2O3. The van der Waals surface area contributed by atoms with Crippen LogP contribution in [0, 0.1) is 5.82 Å². The Labute approximate surface area is 160 Å². The van der Waals surface area contributed by atoms with Crippen LogP contribution in [0.25, 0.3) is 0 Å². The molecule has 0 saturated heterocycles. The number of para-hydroxylation sites is 1. The number of Topliss-reactive ketones (excluding diaryl/α,β-unsaturated/α-hetero) is 1. The van der Waals surface area contributed by atoms with Gasteiger partial charge in [-0.3, -0.25) is 14.5 Å². The monoisotopic (exact) mass is 422 g/mol. The number of carbonyl (C=O) groups excluding carboxylic acids is 2. The Kier molecular flexibility index (Phi) is 7.44. The lowest BCUT2D eigenvalue weighted by atomic mass is 10.1. The minimum atomic E-state index is -0.376. The topological polar surface area (TPSA) is 69.6 Å². The average molecular weight is 423 g/mol. The summed E-state index contributed by atoms with van der Waals surface area (Å²) in [7, 11) is 0. The predicted octanol–water partition coefficient (Wildman–Crippen LogP) is 3.22. The van der Waals surface area contributed by atoms with Crippen molar-refractivity contribution < 1.29 is 19.1 Å². The van der Waals surface area contributed by atoms with Crippen molar-refractivity contribution in [2.24, 2.45) is 0 Å². The molecule has 2 rings (SSSR count). The van der Waals surface area contributed by atoms with E-state index in [1.54, 1.807) is 41.3 Å². The van der Waals surface area contributed by atoms with Gasteiger partial charge in [-0.05, 0) is 37.3 Å². The van der Waals surface area contributed by atoms with Crippen molar-refractivity contribution in [3.05, 3.63) is 63.9 Å². The summed E-state index contributed by atoms with van der Waals surface area (Å²) in [5, 5.41) is 11.9. The predicted molar refractivity (Wildman–Crippen MR) is 102 cm³/mol. The Morgan fingerprint density at radius 1 is 1.23 bits per heavy atom. The number of anilines is 1. The highest BCUT2D eigenvalue weighted by Crippen LogP contribution is 2.18. The molecule has 5 nitrogen and oxygen atoms in total. The number of aliphatic hydroxyl groups excluding tert-OH is 1. The normalized spacial score (nSPS) is 10.8. The summed E-state index contributed by atoms with van der Waals surface area (Å²) < 4.78 is 14.7. The van der Waals surface area contributed by atoms with Gasteiger partial charge in [0.1, 0.15) is 5.82 Å². The van der Waals surface area contributed by atoms with Gasteiger partial charge in [-0.1, -0.05) is 28.1 Å². The van der Waals surface area contributed by atoms with Crippen molar-refractivity contribution in [1.82, 2.24) is 4.90 Å². The fourth-order valence-corrected chi connectivity index (χ4v) is 2.96. The van der Waals surface area contributed by atoms with Gasteiger partial charge in [-0.25, -0.2) is 4.39 Å². The number of rotatable bonds is 8. The molecule has 0 fully saturated rings. The van der Waals surface area contributed by atoms with Gasteiger partial charge in [0.05, 0.1) is 18.8 Å². The number of ketones is 1. The van der Waals surface area contributed by atoms with Crippen LogP contribution in [-0.2, 0) is 11.3 Å². The smallest absolute Gasteiger partial charge is 0.238 e. The van der Waals surface area contributed by atoms with Crippen LogP contribution in [0.3, 0.4) is 0 Å². The van der Waals surface area contributed by atoms with Crippen LogP contribution in [0.1, 0.15) is 22.8 Å². The zero-order valence-corrected chi connectivity index (χ0v) is 15.9. The minimum Gasteiger partial charge on any atom is -0.395 e. The van der Waals surface area contributed by atoms with E-state index < -0.39 is 0 Å². The van der Waals surface area contributed by atoms with E-state index in [1.807, 2.05) is 0 Å². The molecule has 0 bridgehead atoms. The van der Waals surface area contributed by atoms with E-state index in [0.29, 0.717) is 16.8 Å². The van der Waals surface area contributed by atoms with Crippen LogP contribution < -0.4 is 5.32 Å². The summed E-state index contributed by atoms with van der Waals surface area (Å²) >= 11 is 3.30. The SMILES string of the molecule is CC(=O)c1ccccc1NC(=O)CN(CCO)Cc1cc(Br)ccc1F. The summed E-state index contributed by atoms with van der Waals surface area (Å²) in [6.07, 6.45) is 0. The molecule has 0 saturated carbocycles. The third kappa shape index (κ3) is 5.72. The molecular weight excluding hydrogens is 403 g/mol. The first-order valence-electron chi connectivity index (χ1n) is 8.07. The highest BCUT2D eigenvalue weighted by atomic mass is 79.9. The van der Waals surface area contributed by atoms with Crippen molar-refractivity contribution in [2.75, 3.05) is 25.0 Å². The Hall–Kier alpha value is -2.09. The lowest BCUT2D eigenvalue weighted by Crippen LogP contribution is -2.35. The van der Waals surface area contributed by atoms with Crippen LogP contribution in [-0.4, -0.2) is 41.4 Å². The number of benzene rings is 2. The van der Waals surface area contributed by atoms with E-state index in [-0.39, 0.29) is 43.7 Å². The van der Waals surface area contributed by atoms with Crippen molar-refractivity contribution in [2.45, 2.75) is 13.5 Å². The molecule has 2 N–H and O–H groups in total. The molecule has 0 spiro atoms. The van der Waals surface area contributed by atoms with Crippen LogP contribution in [0.15, 0.2) is 46.9 Å². The van der Waals surface area contributed by atoms with Gasteiger partial charge >= 0.3 is 0 Å². The second-order valence-electron chi connectivity index (χ2n) is 5.82. The number of aliphatic hydroxyl groups is 1. The molecule has 0 aliphatic heterocycles. The maximum atomic E-state index is 13.9. The molecule has 1 amide bonds. The summed E-state index contributed by atoms with van der Waals surface area (Å²) in [4.78, 5) is 25.6. The second-order valence-corrected chi connectivity index (χ2v) is 6.74. The Bertz CT molecular complexity index is 798. The molecule has 138 valence electrons. The molecule has 0 aliphatic rings. The molecule has 0 heterocycles. The first-order chi connectivity index (χ1) is 12.4. The van der Waals surface area contributed by atoms with E-state index in [9.17, 15) is 19.1 Å². The molecule has 7 heteroatoms. The quantitative estimate of drug-likeness (QED) is 0.640. The Morgan fingerprint density at radius 3 is 2.65 bits per heavy atom. The maximum absolute atomic E-state index is 13.9. The lowest BCUT2D eigenvalue weighted by molar-refractivity contribution is -0.117. The van der Waals surface area contributed by atoms with Gasteiger partial charge < -0.3 is 10.4 Å². The largest absolute Gasteiger partial charge is 0.395 e. The molecule has 0 aliphatic carbocycles. The number of halogens is 2. The highest BCUT2D eigenvalue weighted by molar-refractivity contribution is 9.10. The zero-order chi connectivity index (χ0) is 19.1. The third-order valence-corrected chi connectivity index (χ3v) is 4.26. The van der Waals surface area contributed by atoms with Gasteiger partial charge in [0, 0.05) is 28.7 Å². The summed E-state index contributed by atoms with van der Waals surface area (Å²) in [6.45, 7) is 1.62. The van der Waals surface area contributed by atoms with Crippen molar-refractivity contribution in [3.63, 3.8) is 0 Å². The molecule has 26 heavy (non-hydrogen) atoms. The standard InChI is InChI=1S/C19H20BrFN2O3/c1-13(25)16-4-2-3-5-18(16)22-19(26)12-23(8-9-24)11-14-10-15(20)6-7-17(14)21/h2-7,10,24H,8-9,11-12H2,1H3,(H,22,26). The Morgan fingerprint density at radius 2 is 1.96 bits per heavy atom. The maximum Gasteiger partial charge on any atom is 0.238 e. The highest BCUT2D eigenvalue weighted by Gasteiger charge is 2.15. The second kappa shape index (κ2) is 9.56. The van der Waals surface area contributed by atoms with Crippen LogP contribution in [0.5, 0.6) is 0 Å². The van der Waals surface area contributed by atoms with Gasteiger partial charge in [0.2, 0.25) is 5.91 Å². The number of nitrogens with zero attached hydrogens (tertiary/aromatic N) is 1. The molecule has 0 aromatic heterocycles. The van der Waals surface area contributed by atoms with Gasteiger partial charge in [-0.15, -0.1) is 0 Å². The average Bonchev–Trinajstić information content (AvgIpc) is 2.58. The van der Waals surface area contributed by atoms with E-state index in [2.05, 4.69) is 21.2 Å². The van der Waals surface area contributed by atoms with E-state index in [1.165, 1.54) is 13.0 Å². The summed E-state index contributed by atoms with van der Waals surface area (Å²) in [5.74, 6) is -0.870. The van der Waals surface area contributed by atoms with Gasteiger partial charge in [0.25, 0.3) is 0 Å². The van der Waals surface area contributed by atoms with Crippen molar-refractivity contribution >= 4 is 33.3 Å².